The van der Waals surface area contributed by atoms with Crippen LogP contribution in [0, 0.1) is 0 Å². The maximum Gasteiger partial charge on any atom is 0.201 e. The van der Waals surface area contributed by atoms with Crippen molar-refractivity contribution < 1.29 is 28.8 Å². The van der Waals surface area contributed by atoms with E-state index < -0.39 is 0 Å². The second-order valence-electron chi connectivity index (χ2n) is 12.3. The molecule has 0 saturated carbocycles. The summed E-state index contributed by atoms with van der Waals surface area (Å²) < 4.78 is 30.5. The van der Waals surface area contributed by atoms with Gasteiger partial charge in [0.05, 0.1) is 21.3 Å². The first-order chi connectivity index (χ1) is 21.9. The van der Waals surface area contributed by atoms with E-state index in [9.17, 15) is 5.11 Å². The van der Waals surface area contributed by atoms with E-state index in [1.165, 1.54) is 11.1 Å². The molecule has 4 aromatic carbocycles. The SMILES string of the molecule is COc1ccc2cc1Oc1ccc(cc1)C[C@H]1c3c(cc(OC)c(O)c3Oc3cc4c(cc3OC)CCN(C)[C@H]4C2)CCN1C. The van der Waals surface area contributed by atoms with Crippen LogP contribution in [0.5, 0.6) is 46.0 Å². The zero-order valence-electron chi connectivity index (χ0n) is 26.6. The molecule has 8 rings (SSSR count). The molecule has 4 aliphatic heterocycles. The molecular weight excluding hydrogens is 568 g/mol. The van der Waals surface area contributed by atoms with Crippen LogP contribution in [0.1, 0.15) is 45.5 Å². The number of hydrogen-bond acceptors (Lipinski definition) is 8. The number of nitrogens with zero attached hydrogens (tertiary/aromatic N) is 2. The molecular formula is C37H40N2O6. The Morgan fingerprint density at radius 1 is 0.667 bits per heavy atom. The van der Waals surface area contributed by atoms with Crippen molar-refractivity contribution in [3.05, 3.63) is 94.0 Å². The van der Waals surface area contributed by atoms with Crippen molar-refractivity contribution in [2.24, 2.45) is 0 Å². The highest BCUT2D eigenvalue weighted by Crippen LogP contribution is 2.51. The van der Waals surface area contributed by atoms with E-state index >= 15 is 0 Å². The molecule has 0 radical (unpaired) electrons. The van der Waals surface area contributed by atoms with Crippen molar-refractivity contribution >= 4 is 0 Å². The summed E-state index contributed by atoms with van der Waals surface area (Å²) in [6.07, 6.45) is 3.20. The molecule has 0 spiro atoms. The van der Waals surface area contributed by atoms with Gasteiger partial charge in [0.2, 0.25) is 5.75 Å². The van der Waals surface area contributed by atoms with Crippen molar-refractivity contribution in [2.45, 2.75) is 37.8 Å². The standard InChI is InChI=1S/C37H40N2O6/c1-38-14-12-24-19-31(42-4)33-21-27(24)28(38)17-23-8-11-30(41-3)32(18-23)44-26-9-6-22(7-10-26)16-29-35-25(13-15-39(29)2)20-34(43-5)36(40)37(35)45-33/h6-11,18-21,28-29,40H,12-17H2,1-5H3/t28-,29-/m0/s1. The third-order valence-corrected chi connectivity index (χ3v) is 9.66. The Labute approximate surface area is 264 Å². The van der Waals surface area contributed by atoms with Gasteiger partial charge in [0.15, 0.2) is 34.5 Å². The molecule has 8 nitrogen and oxygen atoms in total. The Morgan fingerprint density at radius 3 is 2.02 bits per heavy atom. The molecule has 0 unspecified atom stereocenters. The normalized spacial score (nSPS) is 19.4. The summed E-state index contributed by atoms with van der Waals surface area (Å²) in [4.78, 5) is 4.71. The Bertz CT molecular complexity index is 1740. The Kier molecular flexibility index (Phi) is 7.71. The summed E-state index contributed by atoms with van der Waals surface area (Å²) in [5, 5.41) is 11.6. The van der Waals surface area contributed by atoms with Crippen LogP contribution in [0.3, 0.4) is 0 Å². The molecule has 2 atom stereocenters. The Morgan fingerprint density at radius 2 is 1.29 bits per heavy atom. The number of fused-ring (bicyclic) bond motifs is 2. The fourth-order valence-electron chi connectivity index (χ4n) is 7.10. The number of likely N-dealkylation sites (N-methyl/N-ethyl adjacent to an activating group) is 2. The van der Waals surface area contributed by atoms with Gasteiger partial charge in [-0.3, -0.25) is 9.80 Å². The number of methoxy groups -OCH3 is 3. The highest BCUT2D eigenvalue weighted by molar-refractivity contribution is 5.63. The molecule has 0 fully saturated rings. The quantitative estimate of drug-likeness (QED) is 0.271. The fraction of sp³-hybridized carbons (Fsp3) is 0.351. The minimum Gasteiger partial charge on any atom is -0.502 e. The lowest BCUT2D eigenvalue weighted by atomic mass is 9.87. The van der Waals surface area contributed by atoms with Crippen molar-refractivity contribution in [1.82, 2.24) is 9.80 Å². The van der Waals surface area contributed by atoms with Gasteiger partial charge in [-0.05, 0) is 110 Å². The first-order valence-corrected chi connectivity index (χ1v) is 15.5. The Hall–Kier alpha value is -4.40. The minimum atomic E-state index is -0.0366. The summed E-state index contributed by atoms with van der Waals surface area (Å²) in [7, 11) is 9.21. The molecule has 0 aliphatic carbocycles. The number of phenols is 1. The van der Waals surface area contributed by atoms with Crippen LogP contribution in [0.2, 0.25) is 0 Å². The third kappa shape index (κ3) is 5.32. The molecule has 4 aromatic rings. The highest BCUT2D eigenvalue weighted by Gasteiger charge is 2.34. The van der Waals surface area contributed by atoms with E-state index in [4.69, 9.17) is 23.7 Å². The lowest BCUT2D eigenvalue weighted by molar-refractivity contribution is 0.220. The molecule has 0 amide bonds. The van der Waals surface area contributed by atoms with Crippen molar-refractivity contribution in [3.8, 4) is 46.0 Å². The zero-order chi connectivity index (χ0) is 31.2. The monoisotopic (exact) mass is 608 g/mol. The maximum absolute atomic E-state index is 11.6. The van der Waals surface area contributed by atoms with Gasteiger partial charge in [-0.1, -0.05) is 18.2 Å². The molecule has 45 heavy (non-hydrogen) atoms. The maximum atomic E-state index is 11.6. The van der Waals surface area contributed by atoms with Gasteiger partial charge in [-0.2, -0.15) is 0 Å². The molecule has 0 aromatic heterocycles. The van der Waals surface area contributed by atoms with E-state index in [2.05, 4.69) is 60.3 Å². The molecule has 8 heteroatoms. The average Bonchev–Trinajstić information content (AvgIpc) is 3.05. The first-order valence-electron chi connectivity index (χ1n) is 15.5. The summed E-state index contributed by atoms with van der Waals surface area (Å²) in [5.74, 6) is 4.15. The van der Waals surface area contributed by atoms with E-state index in [1.54, 1.807) is 21.3 Å². The minimum absolute atomic E-state index is 0.00564. The van der Waals surface area contributed by atoms with E-state index in [0.717, 1.165) is 66.8 Å². The zero-order valence-corrected chi connectivity index (χ0v) is 26.6. The molecule has 234 valence electrons. The molecule has 6 bridgehead atoms. The smallest absolute Gasteiger partial charge is 0.201 e. The van der Waals surface area contributed by atoms with Crippen LogP contribution in [0.15, 0.2) is 60.7 Å². The molecule has 4 aliphatic rings. The summed E-state index contributed by atoms with van der Waals surface area (Å²) >= 11 is 0. The second kappa shape index (κ2) is 11.8. The van der Waals surface area contributed by atoms with Crippen molar-refractivity contribution in [3.63, 3.8) is 0 Å². The van der Waals surface area contributed by atoms with Gasteiger partial charge in [-0.25, -0.2) is 0 Å². The van der Waals surface area contributed by atoms with Crippen LogP contribution in [0.4, 0.5) is 0 Å². The van der Waals surface area contributed by atoms with E-state index in [-0.39, 0.29) is 17.8 Å². The molecule has 4 heterocycles. The predicted octanol–water partition coefficient (Wildman–Crippen LogP) is 6.86. The van der Waals surface area contributed by atoms with Gasteiger partial charge < -0.3 is 28.8 Å². The van der Waals surface area contributed by atoms with Gasteiger partial charge in [0.1, 0.15) is 5.75 Å². The number of benzene rings is 4. The van der Waals surface area contributed by atoms with Gasteiger partial charge >= 0.3 is 0 Å². The van der Waals surface area contributed by atoms with Crippen LogP contribution in [-0.4, -0.2) is 63.4 Å². The number of rotatable bonds is 3. The lowest BCUT2D eigenvalue weighted by Gasteiger charge is -2.37. The van der Waals surface area contributed by atoms with Gasteiger partial charge in [-0.15, -0.1) is 0 Å². The Balaban J connectivity index is 1.45. The predicted molar refractivity (Wildman–Crippen MR) is 173 cm³/mol. The molecule has 1 N–H and O–H groups in total. The average molecular weight is 609 g/mol. The summed E-state index contributed by atoms with van der Waals surface area (Å²) in [5.41, 5.74) is 6.77. The van der Waals surface area contributed by atoms with E-state index in [0.29, 0.717) is 34.5 Å². The summed E-state index contributed by atoms with van der Waals surface area (Å²) in [6.45, 7) is 1.80. The van der Waals surface area contributed by atoms with Crippen molar-refractivity contribution in [2.75, 3.05) is 48.5 Å². The molecule has 0 saturated heterocycles. The third-order valence-electron chi connectivity index (χ3n) is 9.66. The van der Waals surface area contributed by atoms with Gasteiger partial charge in [0.25, 0.3) is 0 Å². The second-order valence-corrected chi connectivity index (χ2v) is 12.3. The fourth-order valence-corrected chi connectivity index (χ4v) is 7.10. The van der Waals surface area contributed by atoms with E-state index in [1.807, 2.05) is 24.3 Å². The number of phenolic OH excluding ortho intramolecular Hbond substituents is 1. The first kappa shape index (κ1) is 29.3. The largest absolute Gasteiger partial charge is 0.502 e. The number of hydrogen-bond donors (Lipinski definition) is 1. The number of aromatic hydroxyl groups is 1. The lowest BCUT2D eigenvalue weighted by Crippen LogP contribution is -2.34. The van der Waals surface area contributed by atoms with Crippen LogP contribution in [0.25, 0.3) is 0 Å². The van der Waals surface area contributed by atoms with Crippen LogP contribution >= 0.6 is 0 Å². The van der Waals surface area contributed by atoms with Crippen LogP contribution < -0.4 is 23.7 Å². The number of ether oxygens (including phenoxy) is 5. The topological polar surface area (TPSA) is 72.9 Å². The highest BCUT2D eigenvalue weighted by atomic mass is 16.5. The summed E-state index contributed by atoms with van der Waals surface area (Å²) in [6, 6.07) is 20.6. The van der Waals surface area contributed by atoms with Crippen LogP contribution in [-0.2, 0) is 25.7 Å². The van der Waals surface area contributed by atoms with Gasteiger partial charge in [0, 0.05) is 30.7 Å². The van der Waals surface area contributed by atoms with Crippen molar-refractivity contribution in [1.29, 1.82) is 0 Å².